The van der Waals surface area contributed by atoms with Crippen LogP contribution >= 0.6 is 12.2 Å². The second kappa shape index (κ2) is 9.29. The summed E-state index contributed by atoms with van der Waals surface area (Å²) in [6.45, 7) is 4.48. The first-order valence-corrected chi connectivity index (χ1v) is 12.3. The molecule has 2 aliphatic rings. The molecule has 1 saturated carbocycles. The van der Waals surface area contributed by atoms with Gasteiger partial charge in [-0.15, -0.1) is 0 Å². The van der Waals surface area contributed by atoms with Gasteiger partial charge < -0.3 is 24.3 Å². The number of nitrogens with one attached hydrogen (secondary N) is 1. The van der Waals surface area contributed by atoms with Gasteiger partial charge in [0.1, 0.15) is 11.5 Å². The number of ether oxygens (including phenoxy) is 2. The summed E-state index contributed by atoms with van der Waals surface area (Å²) in [5.41, 5.74) is 5.76. The normalized spacial score (nSPS) is 20.6. The van der Waals surface area contributed by atoms with Crippen LogP contribution in [0.2, 0.25) is 0 Å². The van der Waals surface area contributed by atoms with Crippen LogP contribution in [-0.2, 0) is 0 Å². The molecule has 0 spiro atoms. The summed E-state index contributed by atoms with van der Waals surface area (Å²) in [5, 5.41) is 4.23. The third-order valence-corrected chi connectivity index (χ3v) is 7.59. The first-order valence-electron chi connectivity index (χ1n) is 11.9. The number of hydrogen-bond donors (Lipinski definition) is 1. The Morgan fingerprint density at radius 3 is 2.50 bits per heavy atom. The van der Waals surface area contributed by atoms with Crippen molar-refractivity contribution in [3.05, 3.63) is 71.3 Å². The number of methoxy groups -OCH3 is 2. The van der Waals surface area contributed by atoms with Crippen LogP contribution in [0.15, 0.2) is 48.7 Å². The van der Waals surface area contributed by atoms with Gasteiger partial charge in [-0.25, -0.2) is 0 Å². The van der Waals surface area contributed by atoms with Crippen molar-refractivity contribution >= 4 is 23.0 Å². The third-order valence-electron chi connectivity index (χ3n) is 7.28. The molecule has 34 heavy (non-hydrogen) atoms. The molecule has 3 heterocycles. The van der Waals surface area contributed by atoms with Crippen molar-refractivity contribution in [2.24, 2.45) is 0 Å². The van der Waals surface area contributed by atoms with E-state index in [-0.39, 0.29) is 12.1 Å². The number of nitrogens with zero attached hydrogens (tertiary/aromatic N) is 3. The van der Waals surface area contributed by atoms with Crippen molar-refractivity contribution in [1.29, 1.82) is 0 Å². The lowest BCUT2D eigenvalue weighted by molar-refractivity contribution is 0.394. The predicted octanol–water partition coefficient (Wildman–Crippen LogP) is 5.81. The molecule has 1 aromatic carbocycles. The Kier molecular flexibility index (Phi) is 6.21. The smallest absolute Gasteiger partial charge is 0.174 e. The van der Waals surface area contributed by atoms with Gasteiger partial charge in [-0.3, -0.25) is 4.98 Å². The summed E-state index contributed by atoms with van der Waals surface area (Å²) >= 11 is 5.93. The van der Waals surface area contributed by atoms with E-state index in [1.54, 1.807) is 14.2 Å². The molecule has 2 aromatic heterocycles. The van der Waals surface area contributed by atoms with Crippen LogP contribution in [0, 0.1) is 13.8 Å². The lowest BCUT2D eigenvalue weighted by atomic mass is 9.96. The molecule has 0 unspecified atom stereocenters. The highest BCUT2D eigenvalue weighted by Gasteiger charge is 2.43. The molecule has 0 amide bonds. The van der Waals surface area contributed by atoms with Crippen LogP contribution in [-0.4, -0.2) is 28.9 Å². The molecule has 3 aromatic rings. The van der Waals surface area contributed by atoms with Crippen molar-refractivity contribution < 1.29 is 9.47 Å². The molecule has 1 aliphatic heterocycles. The fraction of sp³-hybridized carbons (Fsp3) is 0.407. The fourth-order valence-corrected chi connectivity index (χ4v) is 6.08. The molecule has 6 nitrogen and oxygen atoms in total. The Bertz CT molecular complexity index is 1190. The Hall–Kier alpha value is -3.06. The van der Waals surface area contributed by atoms with Gasteiger partial charge in [0.15, 0.2) is 5.11 Å². The molecule has 0 radical (unpaired) electrons. The third kappa shape index (κ3) is 3.82. The standard InChI is InChI=1S/C27H32N4O2S/c1-17-15-21(18(2)30(17)19-9-5-6-10-19)26-25(22-11-7-8-14-28-22)29-27(34)31(26)23-13-12-20(32-3)16-24(23)33-4/h7-8,11-16,19,25-26H,5-6,9-10H2,1-4H3,(H,29,34)/t25-,26+/m1/s1. The van der Waals surface area contributed by atoms with Crippen LogP contribution in [0.3, 0.4) is 0 Å². The van der Waals surface area contributed by atoms with E-state index in [2.05, 4.69) is 40.8 Å². The van der Waals surface area contributed by atoms with Gasteiger partial charge in [-0.05, 0) is 74.8 Å². The van der Waals surface area contributed by atoms with E-state index in [9.17, 15) is 0 Å². The maximum Gasteiger partial charge on any atom is 0.174 e. The summed E-state index contributed by atoms with van der Waals surface area (Å²) in [6, 6.07) is 14.7. The first kappa shape index (κ1) is 22.7. The second-order valence-corrected chi connectivity index (χ2v) is 9.56. The zero-order valence-electron chi connectivity index (χ0n) is 20.2. The quantitative estimate of drug-likeness (QED) is 0.453. The highest BCUT2D eigenvalue weighted by Crippen LogP contribution is 2.47. The van der Waals surface area contributed by atoms with Crippen LogP contribution < -0.4 is 19.7 Å². The highest BCUT2D eigenvalue weighted by molar-refractivity contribution is 7.80. The minimum Gasteiger partial charge on any atom is -0.497 e. The van der Waals surface area contributed by atoms with Crippen molar-refractivity contribution in [2.75, 3.05) is 19.1 Å². The number of hydrogen-bond acceptors (Lipinski definition) is 4. The van der Waals surface area contributed by atoms with Gasteiger partial charge in [0, 0.05) is 29.7 Å². The molecule has 5 rings (SSSR count). The average Bonchev–Trinajstić information content (AvgIpc) is 3.57. The molecule has 0 bridgehead atoms. The van der Waals surface area contributed by atoms with E-state index in [0.29, 0.717) is 11.2 Å². The lowest BCUT2D eigenvalue weighted by Crippen LogP contribution is -2.30. The Labute approximate surface area is 206 Å². The zero-order chi connectivity index (χ0) is 23.8. The van der Waals surface area contributed by atoms with E-state index in [4.69, 9.17) is 26.7 Å². The van der Waals surface area contributed by atoms with Crippen molar-refractivity contribution in [1.82, 2.24) is 14.9 Å². The molecule has 178 valence electrons. The second-order valence-electron chi connectivity index (χ2n) is 9.17. The fourth-order valence-electron chi connectivity index (χ4n) is 5.74. The Morgan fingerprint density at radius 1 is 1.03 bits per heavy atom. The minimum absolute atomic E-state index is 0.0638. The molecule has 2 fully saturated rings. The monoisotopic (exact) mass is 476 g/mol. The van der Waals surface area contributed by atoms with E-state index in [1.807, 2.05) is 36.5 Å². The Morgan fingerprint density at radius 2 is 1.82 bits per heavy atom. The lowest BCUT2D eigenvalue weighted by Gasteiger charge is -2.29. The maximum absolute atomic E-state index is 5.93. The number of rotatable bonds is 6. The first-order chi connectivity index (χ1) is 16.5. The molecule has 7 heteroatoms. The molecular formula is C27H32N4O2S. The number of aryl methyl sites for hydroxylation is 1. The highest BCUT2D eigenvalue weighted by atomic mass is 32.1. The van der Waals surface area contributed by atoms with E-state index in [1.165, 1.54) is 42.6 Å². The van der Waals surface area contributed by atoms with Crippen LogP contribution in [0.1, 0.15) is 66.5 Å². The zero-order valence-corrected chi connectivity index (χ0v) is 21.1. The van der Waals surface area contributed by atoms with E-state index >= 15 is 0 Å². The Balaban J connectivity index is 1.67. The van der Waals surface area contributed by atoms with E-state index < -0.39 is 0 Å². The number of aromatic nitrogens is 2. The summed E-state index contributed by atoms with van der Waals surface area (Å²) in [4.78, 5) is 6.89. The maximum atomic E-state index is 5.93. The largest absolute Gasteiger partial charge is 0.497 e. The topological polar surface area (TPSA) is 51.5 Å². The molecule has 1 saturated heterocycles. The summed E-state index contributed by atoms with van der Waals surface area (Å²) in [5.74, 6) is 1.47. The van der Waals surface area contributed by atoms with Crippen molar-refractivity contribution in [3.8, 4) is 11.5 Å². The summed E-state index contributed by atoms with van der Waals surface area (Å²) in [7, 11) is 3.34. The molecule has 1 aliphatic carbocycles. The number of pyridine rings is 1. The average molecular weight is 477 g/mol. The van der Waals surface area contributed by atoms with Crippen molar-refractivity contribution in [2.45, 2.75) is 57.7 Å². The van der Waals surface area contributed by atoms with Gasteiger partial charge in [-0.1, -0.05) is 18.9 Å². The van der Waals surface area contributed by atoms with Gasteiger partial charge in [0.25, 0.3) is 0 Å². The minimum atomic E-state index is -0.0852. The SMILES string of the molecule is COc1ccc(N2C(=S)N[C@H](c3ccccn3)[C@@H]2c2cc(C)n(C3CCCC3)c2C)c(OC)c1. The summed E-state index contributed by atoms with van der Waals surface area (Å²) in [6.07, 6.45) is 6.94. The number of benzene rings is 1. The van der Waals surface area contributed by atoms with E-state index in [0.717, 1.165) is 22.9 Å². The van der Waals surface area contributed by atoms with Gasteiger partial charge in [0.2, 0.25) is 0 Å². The molecule has 1 N–H and O–H groups in total. The number of thiocarbonyl (C=S) groups is 1. The molecular weight excluding hydrogens is 444 g/mol. The predicted molar refractivity (Wildman–Crippen MR) is 139 cm³/mol. The van der Waals surface area contributed by atoms with Gasteiger partial charge in [0.05, 0.1) is 37.7 Å². The summed E-state index contributed by atoms with van der Waals surface area (Å²) < 4.78 is 13.8. The van der Waals surface area contributed by atoms with Crippen LogP contribution in [0.4, 0.5) is 5.69 Å². The van der Waals surface area contributed by atoms with Gasteiger partial charge >= 0.3 is 0 Å². The van der Waals surface area contributed by atoms with Crippen LogP contribution in [0.25, 0.3) is 0 Å². The molecule has 2 atom stereocenters. The van der Waals surface area contributed by atoms with Gasteiger partial charge in [-0.2, -0.15) is 0 Å². The van der Waals surface area contributed by atoms with Crippen LogP contribution in [0.5, 0.6) is 11.5 Å². The number of anilines is 1. The van der Waals surface area contributed by atoms with Crippen molar-refractivity contribution in [3.63, 3.8) is 0 Å².